The van der Waals surface area contributed by atoms with Gasteiger partial charge in [-0.25, -0.2) is 8.42 Å². The van der Waals surface area contributed by atoms with Crippen molar-refractivity contribution < 1.29 is 31.1 Å². The molecule has 112 valence electrons. The van der Waals surface area contributed by atoms with Gasteiger partial charge in [-0.05, 0) is 18.2 Å². The summed E-state index contributed by atoms with van der Waals surface area (Å²) in [4.78, 5) is 11.2. The fourth-order valence-electron chi connectivity index (χ4n) is 1.29. The molecule has 0 spiro atoms. The number of alkyl halides is 3. The minimum Gasteiger partial charge on any atom is -0.496 e. The molecule has 0 fully saturated rings. The lowest BCUT2D eigenvalue weighted by atomic mass is 10.2. The molecule has 1 amide bonds. The van der Waals surface area contributed by atoms with Crippen molar-refractivity contribution in [1.29, 1.82) is 0 Å². The Morgan fingerprint density at radius 2 is 2.00 bits per heavy atom. The number of ether oxygens (including phenoxy) is 1. The van der Waals surface area contributed by atoms with Crippen LogP contribution in [0.1, 0.15) is 10.4 Å². The molecule has 1 N–H and O–H groups in total. The van der Waals surface area contributed by atoms with E-state index in [1.807, 2.05) is 0 Å². The molecule has 5 nitrogen and oxygen atoms in total. The molecule has 0 radical (unpaired) electrons. The van der Waals surface area contributed by atoms with Gasteiger partial charge >= 0.3 is 6.18 Å². The second kappa shape index (κ2) is 5.88. The molecule has 0 saturated heterocycles. The largest absolute Gasteiger partial charge is 0.496 e. The number of halogens is 4. The first-order valence-corrected chi connectivity index (χ1v) is 7.33. The Hall–Kier alpha value is -1.48. The van der Waals surface area contributed by atoms with E-state index in [4.69, 9.17) is 15.4 Å². The maximum absolute atomic E-state index is 12.0. The summed E-state index contributed by atoms with van der Waals surface area (Å²) in [6.07, 6.45) is -4.58. The van der Waals surface area contributed by atoms with E-state index in [9.17, 15) is 26.4 Å². The molecular formula is C10H9ClF3NO4S. The van der Waals surface area contributed by atoms with Crippen LogP contribution in [0.15, 0.2) is 23.1 Å². The molecule has 20 heavy (non-hydrogen) atoms. The normalized spacial score (nSPS) is 12.1. The van der Waals surface area contributed by atoms with E-state index in [0.717, 1.165) is 18.2 Å². The van der Waals surface area contributed by atoms with Crippen molar-refractivity contribution in [3.8, 4) is 5.75 Å². The molecule has 10 heteroatoms. The first kappa shape index (κ1) is 16.6. The molecule has 0 aromatic heterocycles. The number of hydrogen-bond acceptors (Lipinski definition) is 4. The van der Waals surface area contributed by atoms with E-state index in [0.29, 0.717) is 0 Å². The number of nitrogens with one attached hydrogen (secondary N) is 1. The predicted octanol–water partition coefficient (Wildman–Crippen LogP) is 1.91. The molecule has 1 aromatic rings. The lowest BCUT2D eigenvalue weighted by Gasteiger charge is -2.11. The van der Waals surface area contributed by atoms with Crippen LogP contribution in [0.25, 0.3) is 0 Å². The van der Waals surface area contributed by atoms with Gasteiger partial charge in [0.25, 0.3) is 15.0 Å². The van der Waals surface area contributed by atoms with Gasteiger partial charge in [0.2, 0.25) is 0 Å². The molecule has 0 unspecified atom stereocenters. The number of carbonyl (C=O) groups excluding carboxylic acids is 1. The highest BCUT2D eigenvalue weighted by Gasteiger charge is 2.28. The summed E-state index contributed by atoms with van der Waals surface area (Å²) in [6.45, 7) is -1.55. The maximum atomic E-state index is 12.0. The lowest BCUT2D eigenvalue weighted by molar-refractivity contribution is -0.123. The number of methoxy groups -OCH3 is 1. The molecule has 0 saturated carbocycles. The van der Waals surface area contributed by atoms with Gasteiger partial charge in [0, 0.05) is 10.7 Å². The number of rotatable bonds is 4. The van der Waals surface area contributed by atoms with Crippen LogP contribution in [0.5, 0.6) is 5.75 Å². The first-order chi connectivity index (χ1) is 9.04. The average molecular weight is 332 g/mol. The Balaban J connectivity index is 3.11. The highest BCUT2D eigenvalue weighted by Crippen LogP contribution is 2.24. The van der Waals surface area contributed by atoms with E-state index in [2.05, 4.69) is 0 Å². The van der Waals surface area contributed by atoms with Crippen molar-refractivity contribution in [2.24, 2.45) is 0 Å². The number of benzene rings is 1. The molecule has 1 rings (SSSR count). The number of amides is 1. The van der Waals surface area contributed by atoms with Crippen LogP contribution in [0, 0.1) is 0 Å². The molecule has 0 atom stereocenters. The Kier molecular flexibility index (Phi) is 4.87. The summed E-state index contributed by atoms with van der Waals surface area (Å²) in [5.41, 5.74) is -0.363. The smallest absolute Gasteiger partial charge is 0.405 e. The summed E-state index contributed by atoms with van der Waals surface area (Å²) >= 11 is 0. The van der Waals surface area contributed by atoms with Gasteiger partial charge in [0.15, 0.2) is 0 Å². The number of hydrogen-bond donors (Lipinski definition) is 1. The minimum absolute atomic E-state index is 0.0752. The standard InChI is InChI=1S/C10H9ClF3NO4S/c1-19-8-3-2-6(20(11,17)18)4-7(8)9(16)15-5-10(12,13)14/h2-4H,5H2,1H3,(H,15,16). The van der Waals surface area contributed by atoms with Gasteiger partial charge in [0.1, 0.15) is 12.3 Å². The van der Waals surface area contributed by atoms with E-state index < -0.39 is 32.6 Å². The summed E-state index contributed by atoms with van der Waals surface area (Å²) in [7, 11) is 2.17. The van der Waals surface area contributed by atoms with Gasteiger partial charge in [0.05, 0.1) is 17.6 Å². The summed E-state index contributed by atoms with van der Waals surface area (Å²) in [5.74, 6) is -1.20. The van der Waals surface area contributed by atoms with Gasteiger partial charge in [-0.2, -0.15) is 13.2 Å². The van der Waals surface area contributed by atoms with Crippen LogP contribution >= 0.6 is 10.7 Å². The molecular weight excluding hydrogens is 323 g/mol. The monoisotopic (exact) mass is 331 g/mol. The second-order valence-corrected chi connectivity index (χ2v) is 6.16. The van der Waals surface area contributed by atoms with Gasteiger partial charge in [-0.3, -0.25) is 4.79 Å². The van der Waals surface area contributed by atoms with Crippen LogP contribution in [-0.2, 0) is 9.05 Å². The van der Waals surface area contributed by atoms with E-state index in [1.165, 1.54) is 7.11 Å². The van der Waals surface area contributed by atoms with Gasteiger partial charge in [-0.1, -0.05) is 0 Å². The predicted molar refractivity (Wildman–Crippen MR) is 64.4 cm³/mol. The van der Waals surface area contributed by atoms with Crippen LogP contribution in [0.3, 0.4) is 0 Å². The molecule has 0 aliphatic carbocycles. The third kappa shape index (κ3) is 4.57. The zero-order chi connectivity index (χ0) is 15.6. The zero-order valence-electron chi connectivity index (χ0n) is 9.99. The Morgan fingerprint density at radius 1 is 1.40 bits per heavy atom. The minimum atomic E-state index is -4.58. The SMILES string of the molecule is COc1ccc(S(=O)(=O)Cl)cc1C(=O)NCC(F)(F)F. The van der Waals surface area contributed by atoms with Crippen LogP contribution in [-0.4, -0.2) is 34.2 Å². The van der Waals surface area contributed by atoms with Gasteiger partial charge < -0.3 is 10.1 Å². The van der Waals surface area contributed by atoms with Crippen LogP contribution in [0.4, 0.5) is 13.2 Å². The molecule has 0 heterocycles. The molecule has 0 aliphatic rings. The zero-order valence-corrected chi connectivity index (χ0v) is 11.6. The van der Waals surface area contributed by atoms with Crippen LogP contribution < -0.4 is 10.1 Å². The summed E-state index contributed by atoms with van der Waals surface area (Å²) in [5, 5.41) is 1.61. The quantitative estimate of drug-likeness (QED) is 0.855. The van der Waals surface area contributed by atoms with Crippen molar-refractivity contribution in [3.63, 3.8) is 0 Å². The fraction of sp³-hybridized carbons (Fsp3) is 0.300. The fourth-order valence-corrected chi connectivity index (χ4v) is 2.07. The summed E-state index contributed by atoms with van der Waals surface area (Å²) in [6, 6.07) is 3.03. The Morgan fingerprint density at radius 3 is 2.45 bits per heavy atom. The van der Waals surface area contributed by atoms with Crippen molar-refractivity contribution >= 4 is 25.6 Å². The molecule has 0 bridgehead atoms. The lowest BCUT2D eigenvalue weighted by Crippen LogP contribution is -2.34. The molecule has 1 aromatic carbocycles. The summed E-state index contributed by atoms with van der Waals surface area (Å²) < 4.78 is 63.1. The van der Waals surface area contributed by atoms with Crippen LogP contribution in [0.2, 0.25) is 0 Å². The first-order valence-electron chi connectivity index (χ1n) is 5.02. The Labute approximate surface area is 117 Å². The highest BCUT2D eigenvalue weighted by molar-refractivity contribution is 8.13. The second-order valence-electron chi connectivity index (χ2n) is 3.60. The van der Waals surface area contributed by atoms with Crippen molar-refractivity contribution in [3.05, 3.63) is 23.8 Å². The van der Waals surface area contributed by atoms with Crippen molar-refractivity contribution in [2.75, 3.05) is 13.7 Å². The topological polar surface area (TPSA) is 72.5 Å². The maximum Gasteiger partial charge on any atom is 0.405 e. The number of carbonyl (C=O) groups is 1. The molecule has 0 aliphatic heterocycles. The average Bonchev–Trinajstić information content (AvgIpc) is 2.33. The van der Waals surface area contributed by atoms with E-state index >= 15 is 0 Å². The van der Waals surface area contributed by atoms with E-state index in [1.54, 1.807) is 5.32 Å². The van der Waals surface area contributed by atoms with Crippen molar-refractivity contribution in [2.45, 2.75) is 11.1 Å². The highest BCUT2D eigenvalue weighted by atomic mass is 35.7. The Bertz CT molecular complexity index is 615. The third-order valence-electron chi connectivity index (χ3n) is 2.15. The van der Waals surface area contributed by atoms with E-state index in [-0.39, 0.29) is 11.3 Å². The van der Waals surface area contributed by atoms with Crippen molar-refractivity contribution in [1.82, 2.24) is 5.32 Å². The van der Waals surface area contributed by atoms with Gasteiger partial charge in [-0.15, -0.1) is 0 Å². The third-order valence-corrected chi connectivity index (χ3v) is 3.50.